The Kier molecular flexibility index (Phi) is 4.64. The van der Waals surface area contributed by atoms with Crippen LogP contribution in [-0.4, -0.2) is 23.0 Å². The first kappa shape index (κ1) is 17.0. The summed E-state index contributed by atoms with van der Waals surface area (Å²) in [6.45, 7) is 9.70. The van der Waals surface area contributed by atoms with E-state index < -0.39 is 11.1 Å². The van der Waals surface area contributed by atoms with Crippen LogP contribution in [0.15, 0.2) is 30.3 Å². The molecule has 4 heteroatoms. The van der Waals surface area contributed by atoms with Gasteiger partial charge in [0.25, 0.3) is 0 Å². The third-order valence-electron chi connectivity index (χ3n) is 4.88. The molecule has 1 heterocycles. The molecule has 122 valence electrons. The average molecular weight is 304 g/mol. The molecule has 0 saturated carbocycles. The van der Waals surface area contributed by atoms with E-state index in [1.54, 1.807) is 0 Å². The Morgan fingerprint density at radius 3 is 2.41 bits per heavy atom. The topological polar surface area (TPSA) is 56.6 Å². The van der Waals surface area contributed by atoms with E-state index in [2.05, 4.69) is 17.4 Å². The lowest BCUT2D eigenvalue weighted by Gasteiger charge is -2.41. The monoisotopic (exact) mass is 304 g/mol. The molecule has 3 unspecified atom stereocenters. The largest absolute Gasteiger partial charge is 0.634 e. The van der Waals surface area contributed by atoms with Crippen molar-refractivity contribution in [2.75, 3.05) is 0 Å². The zero-order valence-electron chi connectivity index (χ0n) is 14.3. The molecular formula is C18H28N2O2. The lowest BCUT2D eigenvalue weighted by molar-refractivity contribution is -0.933. The summed E-state index contributed by atoms with van der Waals surface area (Å²) >= 11 is 0. The van der Waals surface area contributed by atoms with Gasteiger partial charge in [-0.05, 0) is 46.6 Å². The van der Waals surface area contributed by atoms with Crippen LogP contribution in [0.5, 0.6) is 0 Å². The van der Waals surface area contributed by atoms with E-state index in [-0.39, 0.29) is 22.9 Å². The third kappa shape index (κ3) is 3.33. The Morgan fingerprint density at radius 2 is 1.91 bits per heavy atom. The van der Waals surface area contributed by atoms with Gasteiger partial charge in [-0.3, -0.25) is 4.79 Å². The second-order valence-corrected chi connectivity index (χ2v) is 7.79. The number of nitrogens with one attached hydrogen (secondary N) is 2. The molecule has 1 aliphatic heterocycles. The van der Waals surface area contributed by atoms with E-state index in [0.717, 1.165) is 6.42 Å². The van der Waals surface area contributed by atoms with Gasteiger partial charge >= 0.3 is 0 Å². The molecule has 1 aromatic rings. The highest BCUT2D eigenvalue weighted by molar-refractivity contribution is 5.80. The van der Waals surface area contributed by atoms with Gasteiger partial charge in [0.1, 0.15) is 5.54 Å². The van der Waals surface area contributed by atoms with Gasteiger partial charge in [-0.25, -0.2) is 0 Å². The van der Waals surface area contributed by atoms with E-state index in [0.29, 0.717) is 6.42 Å². The molecule has 0 spiro atoms. The minimum atomic E-state index is -0.583. The summed E-state index contributed by atoms with van der Waals surface area (Å²) in [6, 6.07) is 10.2. The molecule has 1 saturated heterocycles. The normalized spacial score (nSPS) is 27.4. The molecule has 0 aromatic heterocycles. The summed E-state index contributed by atoms with van der Waals surface area (Å²) in [6.07, 6.45) is 1.43. The van der Waals surface area contributed by atoms with Crippen molar-refractivity contribution >= 4 is 5.91 Å². The fourth-order valence-corrected chi connectivity index (χ4v) is 3.67. The van der Waals surface area contributed by atoms with Crippen molar-refractivity contribution in [3.63, 3.8) is 0 Å². The summed E-state index contributed by atoms with van der Waals surface area (Å²) in [7, 11) is 0. The number of carbonyl (C=O) groups is 1. The quantitative estimate of drug-likeness (QED) is 0.832. The standard InChI is InChI=1S/C18H28N2O2/c1-13(11-14-9-7-6-8-10-14)19-16(21)15-12-17(2,3)20(22)18(15,4)5/h6-10,13,15,20H,11-12H2,1-5H3,(H,19,21). The second-order valence-electron chi connectivity index (χ2n) is 7.79. The molecule has 2 N–H and O–H groups in total. The summed E-state index contributed by atoms with van der Waals surface area (Å²) < 4.78 is 0. The molecule has 1 fully saturated rings. The Bertz CT molecular complexity index is 525. The number of hydroxylamine groups is 2. The number of amides is 1. The van der Waals surface area contributed by atoms with E-state index in [9.17, 15) is 10.0 Å². The minimum absolute atomic E-state index is 0.00681. The van der Waals surface area contributed by atoms with Gasteiger partial charge in [0.2, 0.25) is 5.91 Å². The predicted octanol–water partition coefficient (Wildman–Crippen LogP) is 1.69. The average Bonchev–Trinajstić information content (AvgIpc) is 2.60. The van der Waals surface area contributed by atoms with Crippen LogP contribution in [0.25, 0.3) is 0 Å². The van der Waals surface area contributed by atoms with Crippen molar-refractivity contribution in [3.05, 3.63) is 41.1 Å². The molecule has 3 atom stereocenters. The van der Waals surface area contributed by atoms with Crippen LogP contribution in [0.2, 0.25) is 0 Å². The summed E-state index contributed by atoms with van der Waals surface area (Å²) in [5.41, 5.74) is 0.214. The molecule has 0 radical (unpaired) electrons. The molecule has 1 aliphatic rings. The first-order chi connectivity index (χ1) is 10.1. The van der Waals surface area contributed by atoms with Crippen molar-refractivity contribution in [2.24, 2.45) is 5.92 Å². The fourth-order valence-electron chi connectivity index (χ4n) is 3.67. The summed E-state index contributed by atoms with van der Waals surface area (Å²) in [5.74, 6) is -0.236. The Hall–Kier alpha value is -1.39. The number of quaternary nitrogens is 1. The summed E-state index contributed by atoms with van der Waals surface area (Å²) in [4.78, 5) is 12.6. The second kappa shape index (κ2) is 6.01. The van der Waals surface area contributed by atoms with Crippen molar-refractivity contribution < 1.29 is 9.86 Å². The molecule has 0 bridgehead atoms. The lowest BCUT2D eigenvalue weighted by Crippen LogP contribution is -3.19. The van der Waals surface area contributed by atoms with E-state index in [1.807, 2.05) is 52.8 Å². The highest BCUT2D eigenvalue weighted by atomic mass is 16.5. The third-order valence-corrected chi connectivity index (χ3v) is 4.88. The van der Waals surface area contributed by atoms with Crippen LogP contribution in [0.1, 0.15) is 46.6 Å². The number of hydrogen-bond acceptors (Lipinski definition) is 2. The van der Waals surface area contributed by atoms with Crippen LogP contribution in [0.4, 0.5) is 0 Å². The van der Waals surface area contributed by atoms with Crippen molar-refractivity contribution in [3.8, 4) is 0 Å². The fraction of sp³-hybridized carbons (Fsp3) is 0.611. The van der Waals surface area contributed by atoms with Gasteiger partial charge in [-0.15, -0.1) is 0 Å². The Balaban J connectivity index is 2.00. The lowest BCUT2D eigenvalue weighted by atomic mass is 9.86. The molecule has 22 heavy (non-hydrogen) atoms. The van der Waals surface area contributed by atoms with Crippen molar-refractivity contribution in [1.82, 2.24) is 5.32 Å². The zero-order chi connectivity index (χ0) is 16.5. The highest BCUT2D eigenvalue weighted by Gasteiger charge is 2.54. The van der Waals surface area contributed by atoms with Crippen LogP contribution in [0, 0.1) is 11.1 Å². The van der Waals surface area contributed by atoms with Gasteiger partial charge in [0.15, 0.2) is 0 Å². The number of hydrogen-bond donors (Lipinski definition) is 2. The molecule has 4 nitrogen and oxygen atoms in total. The maximum absolute atomic E-state index is 12.6. The van der Waals surface area contributed by atoms with E-state index in [1.165, 1.54) is 5.56 Å². The van der Waals surface area contributed by atoms with Gasteiger partial charge in [-0.1, -0.05) is 30.3 Å². The molecular weight excluding hydrogens is 276 g/mol. The first-order valence-corrected chi connectivity index (χ1v) is 8.04. The van der Waals surface area contributed by atoms with Gasteiger partial charge < -0.3 is 15.6 Å². The van der Waals surface area contributed by atoms with Crippen LogP contribution in [-0.2, 0) is 11.2 Å². The summed E-state index contributed by atoms with van der Waals surface area (Å²) in [5, 5.41) is 15.7. The first-order valence-electron chi connectivity index (χ1n) is 8.04. The van der Waals surface area contributed by atoms with E-state index >= 15 is 0 Å². The molecule has 1 aromatic carbocycles. The molecule has 0 aliphatic carbocycles. The van der Waals surface area contributed by atoms with Crippen molar-refractivity contribution in [1.29, 1.82) is 0 Å². The Morgan fingerprint density at radius 1 is 1.32 bits per heavy atom. The van der Waals surface area contributed by atoms with Crippen molar-refractivity contribution in [2.45, 2.75) is 64.6 Å². The van der Waals surface area contributed by atoms with Crippen LogP contribution < -0.4 is 10.4 Å². The van der Waals surface area contributed by atoms with E-state index in [4.69, 9.17) is 0 Å². The number of rotatable bonds is 4. The van der Waals surface area contributed by atoms with Gasteiger partial charge in [-0.2, -0.15) is 0 Å². The molecule has 2 rings (SSSR count). The minimum Gasteiger partial charge on any atom is -0.634 e. The van der Waals surface area contributed by atoms with Crippen LogP contribution >= 0.6 is 0 Å². The predicted molar refractivity (Wildman–Crippen MR) is 88.3 cm³/mol. The van der Waals surface area contributed by atoms with Gasteiger partial charge in [0.05, 0.1) is 11.5 Å². The maximum atomic E-state index is 12.6. The zero-order valence-corrected chi connectivity index (χ0v) is 14.3. The Labute approximate surface area is 133 Å². The van der Waals surface area contributed by atoms with Crippen LogP contribution in [0.3, 0.4) is 0 Å². The van der Waals surface area contributed by atoms with Gasteiger partial charge in [0, 0.05) is 12.5 Å². The smallest absolute Gasteiger partial charge is 0.229 e. The highest BCUT2D eigenvalue weighted by Crippen LogP contribution is 2.31. The molecule has 1 amide bonds. The maximum Gasteiger partial charge on any atom is 0.229 e. The number of carbonyl (C=O) groups excluding carboxylic acids is 1. The SMILES string of the molecule is CC(Cc1ccccc1)NC(=O)C1CC(C)(C)[NH+]([O-])C1(C)C. The number of benzene rings is 1.